The van der Waals surface area contributed by atoms with Crippen molar-refractivity contribution < 1.29 is 13.9 Å². The second kappa shape index (κ2) is 10.6. The van der Waals surface area contributed by atoms with Crippen molar-refractivity contribution in [2.24, 2.45) is 4.99 Å². The number of nitrogens with zero attached hydrogens (tertiary/aromatic N) is 1. The van der Waals surface area contributed by atoms with Crippen LogP contribution in [0.4, 0.5) is 4.39 Å². The molecule has 0 heterocycles. The Morgan fingerprint density at radius 3 is 2.74 bits per heavy atom. The molecule has 0 fully saturated rings. The zero-order chi connectivity index (χ0) is 17.1. The number of aryl methyl sites for hydroxylation is 1. The molecule has 3 N–H and O–H groups in total. The van der Waals surface area contributed by atoms with Crippen LogP contribution in [0.25, 0.3) is 0 Å². The highest BCUT2D eigenvalue weighted by Gasteiger charge is 2.04. The molecule has 0 unspecified atom stereocenters. The van der Waals surface area contributed by atoms with Crippen LogP contribution in [0.15, 0.2) is 23.2 Å². The Kier molecular flexibility index (Phi) is 8.67. The number of carbonyl (C=O) groups is 1. The Morgan fingerprint density at radius 2 is 2.09 bits per heavy atom. The lowest BCUT2D eigenvalue weighted by molar-refractivity contribution is -0.120. The highest BCUT2D eigenvalue weighted by atomic mass is 19.1. The summed E-state index contributed by atoms with van der Waals surface area (Å²) < 4.78 is 18.4. The van der Waals surface area contributed by atoms with E-state index in [1.807, 2.05) is 13.0 Å². The lowest BCUT2D eigenvalue weighted by Gasteiger charge is -2.11. The number of guanidine groups is 1. The molecule has 0 aliphatic rings. The molecule has 23 heavy (non-hydrogen) atoms. The standard InChI is InChI=1S/C16H25FN4O2/c1-4-18-16(21-11-15(22)19-7-8-23-3)20-10-13-6-5-12(2)14(17)9-13/h5-6,9H,4,7-8,10-11H2,1-3H3,(H,19,22)(H2,18,20,21). The van der Waals surface area contributed by atoms with Crippen LogP contribution < -0.4 is 16.0 Å². The maximum Gasteiger partial charge on any atom is 0.239 e. The number of hydrogen-bond donors (Lipinski definition) is 3. The molecule has 0 aromatic heterocycles. The fraction of sp³-hybridized carbons (Fsp3) is 0.500. The molecule has 0 aliphatic heterocycles. The van der Waals surface area contributed by atoms with Gasteiger partial charge in [0.05, 0.1) is 19.7 Å². The van der Waals surface area contributed by atoms with E-state index in [-0.39, 0.29) is 18.3 Å². The first-order chi connectivity index (χ1) is 11.1. The van der Waals surface area contributed by atoms with Crippen LogP contribution in [-0.2, 0) is 16.1 Å². The monoisotopic (exact) mass is 324 g/mol. The second-order valence-corrected chi connectivity index (χ2v) is 4.98. The molecule has 0 spiro atoms. The molecular formula is C16H25FN4O2. The van der Waals surface area contributed by atoms with Crippen molar-refractivity contribution >= 4 is 11.9 Å². The van der Waals surface area contributed by atoms with Crippen molar-refractivity contribution in [3.63, 3.8) is 0 Å². The fourth-order valence-electron chi connectivity index (χ4n) is 1.77. The van der Waals surface area contributed by atoms with Gasteiger partial charge >= 0.3 is 0 Å². The number of hydrogen-bond acceptors (Lipinski definition) is 3. The SMILES string of the molecule is CCNC(=NCc1ccc(C)c(F)c1)NCC(=O)NCCOC. The molecule has 128 valence electrons. The number of carbonyl (C=O) groups excluding carboxylic acids is 1. The van der Waals surface area contributed by atoms with E-state index < -0.39 is 0 Å². The largest absolute Gasteiger partial charge is 0.383 e. The summed E-state index contributed by atoms with van der Waals surface area (Å²) in [5, 5.41) is 8.69. The minimum Gasteiger partial charge on any atom is -0.383 e. The van der Waals surface area contributed by atoms with E-state index in [0.717, 1.165) is 5.56 Å². The first-order valence-electron chi connectivity index (χ1n) is 7.59. The van der Waals surface area contributed by atoms with Crippen molar-refractivity contribution in [1.82, 2.24) is 16.0 Å². The number of rotatable bonds is 8. The topological polar surface area (TPSA) is 74.8 Å². The number of ether oxygens (including phenoxy) is 1. The molecule has 1 aromatic rings. The van der Waals surface area contributed by atoms with E-state index in [4.69, 9.17) is 4.74 Å². The van der Waals surface area contributed by atoms with E-state index in [9.17, 15) is 9.18 Å². The van der Waals surface area contributed by atoms with Crippen molar-refractivity contribution in [3.8, 4) is 0 Å². The normalized spacial score (nSPS) is 11.2. The van der Waals surface area contributed by atoms with Crippen LogP contribution in [0.3, 0.4) is 0 Å². The molecule has 1 rings (SSSR count). The number of methoxy groups -OCH3 is 1. The molecule has 0 bridgehead atoms. The Balaban J connectivity index is 2.52. The maximum absolute atomic E-state index is 13.5. The first kappa shape index (κ1) is 18.9. The maximum atomic E-state index is 13.5. The third-order valence-electron chi connectivity index (χ3n) is 3.04. The number of aliphatic imine (C=N–C) groups is 1. The van der Waals surface area contributed by atoms with Gasteiger partial charge in [0.1, 0.15) is 5.82 Å². The summed E-state index contributed by atoms with van der Waals surface area (Å²) in [6.07, 6.45) is 0. The zero-order valence-corrected chi connectivity index (χ0v) is 13.9. The van der Waals surface area contributed by atoms with Crippen molar-refractivity contribution in [3.05, 3.63) is 35.1 Å². The molecule has 0 aliphatic carbocycles. The highest BCUT2D eigenvalue weighted by Crippen LogP contribution is 2.09. The van der Waals surface area contributed by atoms with Crippen LogP contribution >= 0.6 is 0 Å². The molecule has 0 saturated carbocycles. The van der Waals surface area contributed by atoms with E-state index in [1.54, 1.807) is 20.1 Å². The van der Waals surface area contributed by atoms with Crippen LogP contribution in [0.1, 0.15) is 18.1 Å². The van der Waals surface area contributed by atoms with Crippen molar-refractivity contribution in [1.29, 1.82) is 0 Å². The van der Waals surface area contributed by atoms with Gasteiger partial charge in [-0.2, -0.15) is 0 Å². The lowest BCUT2D eigenvalue weighted by Crippen LogP contribution is -2.43. The fourth-order valence-corrected chi connectivity index (χ4v) is 1.77. The van der Waals surface area contributed by atoms with E-state index in [1.165, 1.54) is 6.07 Å². The Bertz CT molecular complexity index is 535. The van der Waals surface area contributed by atoms with Gasteiger partial charge in [-0.15, -0.1) is 0 Å². The third kappa shape index (κ3) is 7.60. The molecular weight excluding hydrogens is 299 g/mol. The third-order valence-corrected chi connectivity index (χ3v) is 3.04. The van der Waals surface area contributed by atoms with Gasteiger partial charge < -0.3 is 20.7 Å². The smallest absolute Gasteiger partial charge is 0.239 e. The van der Waals surface area contributed by atoms with Gasteiger partial charge in [-0.25, -0.2) is 9.38 Å². The van der Waals surface area contributed by atoms with Gasteiger partial charge in [-0.1, -0.05) is 12.1 Å². The second-order valence-electron chi connectivity index (χ2n) is 4.98. The van der Waals surface area contributed by atoms with Gasteiger partial charge in [0.2, 0.25) is 5.91 Å². The molecule has 0 saturated heterocycles. The van der Waals surface area contributed by atoms with Gasteiger partial charge in [0.25, 0.3) is 0 Å². The predicted molar refractivity (Wildman–Crippen MR) is 88.8 cm³/mol. The molecule has 0 radical (unpaired) electrons. The van der Waals surface area contributed by atoms with Crippen LogP contribution in [0.5, 0.6) is 0 Å². The average Bonchev–Trinajstić information content (AvgIpc) is 2.53. The van der Waals surface area contributed by atoms with Crippen LogP contribution in [0.2, 0.25) is 0 Å². The molecule has 1 aromatic carbocycles. The van der Waals surface area contributed by atoms with Gasteiger partial charge in [-0.3, -0.25) is 4.79 Å². The first-order valence-corrected chi connectivity index (χ1v) is 7.59. The Hall–Kier alpha value is -2.15. The average molecular weight is 324 g/mol. The summed E-state index contributed by atoms with van der Waals surface area (Å²) in [7, 11) is 1.58. The summed E-state index contributed by atoms with van der Waals surface area (Å²) in [4.78, 5) is 16.0. The highest BCUT2D eigenvalue weighted by molar-refractivity contribution is 5.86. The summed E-state index contributed by atoms with van der Waals surface area (Å²) in [6, 6.07) is 5.03. The van der Waals surface area contributed by atoms with E-state index >= 15 is 0 Å². The minimum absolute atomic E-state index is 0.109. The quantitative estimate of drug-likeness (QED) is 0.378. The summed E-state index contributed by atoms with van der Waals surface area (Å²) >= 11 is 0. The van der Waals surface area contributed by atoms with Gasteiger partial charge in [-0.05, 0) is 31.0 Å². The van der Waals surface area contributed by atoms with Crippen molar-refractivity contribution in [2.75, 3.05) is 33.4 Å². The minimum atomic E-state index is -0.242. The molecule has 1 amide bonds. The zero-order valence-electron chi connectivity index (χ0n) is 13.9. The van der Waals surface area contributed by atoms with Crippen LogP contribution in [-0.4, -0.2) is 45.2 Å². The molecule has 0 atom stereocenters. The summed E-state index contributed by atoms with van der Waals surface area (Å²) in [6.45, 7) is 5.69. The predicted octanol–water partition coefficient (Wildman–Crippen LogP) is 0.952. The number of amides is 1. The van der Waals surface area contributed by atoms with Crippen LogP contribution in [0, 0.1) is 12.7 Å². The lowest BCUT2D eigenvalue weighted by atomic mass is 10.1. The van der Waals surface area contributed by atoms with Gasteiger partial charge in [0.15, 0.2) is 5.96 Å². The molecule has 7 heteroatoms. The number of nitrogens with one attached hydrogen (secondary N) is 3. The van der Waals surface area contributed by atoms with E-state index in [0.29, 0.717) is 37.8 Å². The summed E-state index contributed by atoms with van der Waals surface area (Å²) in [5.41, 5.74) is 1.38. The van der Waals surface area contributed by atoms with Gasteiger partial charge in [0, 0.05) is 20.2 Å². The Morgan fingerprint density at radius 1 is 1.30 bits per heavy atom. The Labute approximate surface area is 136 Å². The van der Waals surface area contributed by atoms with Crippen molar-refractivity contribution in [2.45, 2.75) is 20.4 Å². The number of halogens is 1. The number of benzene rings is 1. The molecule has 6 nitrogen and oxygen atoms in total. The summed E-state index contributed by atoms with van der Waals surface area (Å²) in [5.74, 6) is 0.123. The van der Waals surface area contributed by atoms with E-state index in [2.05, 4.69) is 20.9 Å².